The van der Waals surface area contributed by atoms with Gasteiger partial charge in [0.05, 0.1) is 15.9 Å². The number of rotatable bonds is 4. The second kappa shape index (κ2) is 5.43. The highest BCUT2D eigenvalue weighted by Crippen LogP contribution is 2.41. The minimum absolute atomic E-state index is 0.0790. The van der Waals surface area contributed by atoms with Gasteiger partial charge < -0.3 is 0 Å². The molecule has 2 unspecified atom stereocenters. The van der Waals surface area contributed by atoms with Gasteiger partial charge in [0.25, 0.3) is 5.69 Å². The molecule has 2 atom stereocenters. The maximum atomic E-state index is 12.6. The number of non-ortho nitro benzene ring substituents is 1. The van der Waals surface area contributed by atoms with Gasteiger partial charge in [0, 0.05) is 18.7 Å². The molecule has 0 amide bonds. The Kier molecular flexibility index (Phi) is 3.69. The maximum absolute atomic E-state index is 12.6. The number of sulfonamides is 1. The van der Waals surface area contributed by atoms with Crippen molar-refractivity contribution in [1.29, 1.82) is 0 Å². The van der Waals surface area contributed by atoms with E-state index in [0.717, 1.165) is 16.7 Å². The van der Waals surface area contributed by atoms with Gasteiger partial charge in [-0.25, -0.2) is 8.42 Å². The van der Waals surface area contributed by atoms with Gasteiger partial charge in [-0.1, -0.05) is 23.8 Å². The van der Waals surface area contributed by atoms with Crippen LogP contribution in [0.1, 0.15) is 22.7 Å². The van der Waals surface area contributed by atoms with E-state index in [9.17, 15) is 18.5 Å². The van der Waals surface area contributed by atoms with Crippen molar-refractivity contribution in [2.75, 3.05) is 6.54 Å². The zero-order valence-electron chi connectivity index (χ0n) is 12.8. The first kappa shape index (κ1) is 15.6. The van der Waals surface area contributed by atoms with E-state index in [2.05, 4.69) is 0 Å². The summed E-state index contributed by atoms with van der Waals surface area (Å²) in [6.07, 6.45) is 0. The van der Waals surface area contributed by atoms with Crippen molar-refractivity contribution in [3.63, 3.8) is 0 Å². The summed E-state index contributed by atoms with van der Waals surface area (Å²) in [5.74, 6) is 0. The first-order valence-corrected chi connectivity index (χ1v) is 8.58. The van der Waals surface area contributed by atoms with E-state index in [1.807, 2.05) is 32.0 Å². The third-order valence-electron chi connectivity index (χ3n) is 4.01. The summed E-state index contributed by atoms with van der Waals surface area (Å²) in [7, 11) is -3.62. The third-order valence-corrected chi connectivity index (χ3v) is 5.89. The summed E-state index contributed by atoms with van der Waals surface area (Å²) in [5.41, 5.74) is 3.08. The zero-order chi connectivity index (χ0) is 16.8. The molecule has 0 N–H and O–H groups in total. The molecule has 0 saturated carbocycles. The van der Waals surface area contributed by atoms with Gasteiger partial charge in [0.1, 0.15) is 0 Å². The van der Waals surface area contributed by atoms with Gasteiger partial charge in [-0.3, -0.25) is 10.1 Å². The Morgan fingerprint density at radius 3 is 2.35 bits per heavy atom. The topological polar surface area (TPSA) is 80.3 Å². The van der Waals surface area contributed by atoms with Crippen molar-refractivity contribution >= 4 is 15.7 Å². The maximum Gasteiger partial charge on any atom is 0.269 e. The minimum Gasteiger partial charge on any atom is -0.258 e. The molecule has 0 aliphatic carbocycles. The fourth-order valence-corrected chi connectivity index (χ4v) is 4.25. The molecule has 0 aromatic heterocycles. The Labute approximate surface area is 134 Å². The van der Waals surface area contributed by atoms with Crippen LogP contribution in [-0.2, 0) is 10.0 Å². The number of nitro groups is 1. The van der Waals surface area contributed by atoms with Crippen molar-refractivity contribution in [1.82, 2.24) is 4.31 Å². The Balaban J connectivity index is 1.86. The molecule has 2 aromatic carbocycles. The van der Waals surface area contributed by atoms with E-state index >= 15 is 0 Å². The summed E-state index contributed by atoms with van der Waals surface area (Å²) in [6.45, 7) is 4.40. The van der Waals surface area contributed by atoms with Crippen molar-refractivity contribution in [2.45, 2.75) is 24.8 Å². The summed E-state index contributed by atoms with van der Waals surface area (Å²) in [5, 5.41) is 10.7. The van der Waals surface area contributed by atoms with Crippen molar-refractivity contribution in [2.24, 2.45) is 0 Å². The average molecular weight is 332 g/mol. The number of nitro benzene ring substituents is 1. The molecule has 1 aliphatic rings. The van der Waals surface area contributed by atoms with Gasteiger partial charge in [0.15, 0.2) is 0 Å². The molecule has 2 aromatic rings. The molecule has 0 bridgehead atoms. The van der Waals surface area contributed by atoms with E-state index in [4.69, 9.17) is 0 Å². The second-order valence-electron chi connectivity index (χ2n) is 5.70. The highest BCUT2D eigenvalue weighted by Gasteiger charge is 2.46. The molecule has 1 saturated heterocycles. The van der Waals surface area contributed by atoms with Crippen LogP contribution in [0, 0.1) is 24.0 Å². The van der Waals surface area contributed by atoms with Gasteiger partial charge in [-0.05, 0) is 37.1 Å². The highest BCUT2D eigenvalue weighted by atomic mass is 32.2. The smallest absolute Gasteiger partial charge is 0.258 e. The van der Waals surface area contributed by atoms with Crippen LogP contribution in [0.25, 0.3) is 0 Å². The number of benzene rings is 2. The lowest BCUT2D eigenvalue weighted by molar-refractivity contribution is -0.384. The summed E-state index contributed by atoms with van der Waals surface area (Å²) in [4.78, 5) is 10.2. The molecule has 6 nitrogen and oxygen atoms in total. The standard InChI is InChI=1S/C16H16N2O4S/c1-11-3-8-15(12(2)9-11)16-10-17(16)23(21,22)14-6-4-13(5-7-14)18(19)20/h3-9,16H,10H2,1-2H3. The zero-order valence-corrected chi connectivity index (χ0v) is 13.6. The molecular weight excluding hydrogens is 316 g/mol. The van der Waals surface area contributed by atoms with E-state index in [1.54, 1.807) is 0 Å². The predicted octanol–water partition coefficient (Wildman–Crippen LogP) is 2.96. The molecule has 0 radical (unpaired) electrons. The normalized spacial score (nSPS) is 20.3. The number of hydrogen-bond donors (Lipinski definition) is 0. The fourth-order valence-electron chi connectivity index (χ4n) is 2.72. The Morgan fingerprint density at radius 1 is 1.13 bits per heavy atom. The lowest BCUT2D eigenvalue weighted by Crippen LogP contribution is -2.13. The molecule has 1 fully saturated rings. The monoisotopic (exact) mass is 332 g/mol. The van der Waals surface area contributed by atoms with Crippen molar-refractivity contribution < 1.29 is 13.3 Å². The van der Waals surface area contributed by atoms with Crippen LogP contribution in [0.2, 0.25) is 0 Å². The van der Waals surface area contributed by atoms with Crippen LogP contribution in [0.15, 0.2) is 47.4 Å². The van der Waals surface area contributed by atoms with Crippen LogP contribution >= 0.6 is 0 Å². The van der Waals surface area contributed by atoms with Crippen molar-refractivity contribution in [3.8, 4) is 0 Å². The molecule has 3 rings (SSSR count). The fraction of sp³-hybridized carbons (Fsp3) is 0.250. The van der Waals surface area contributed by atoms with E-state index in [-0.39, 0.29) is 16.6 Å². The van der Waals surface area contributed by atoms with E-state index in [1.165, 1.54) is 28.6 Å². The Hall–Kier alpha value is -2.25. The van der Waals surface area contributed by atoms with Crippen LogP contribution in [-0.4, -0.2) is 24.2 Å². The van der Waals surface area contributed by atoms with Gasteiger partial charge in [-0.15, -0.1) is 0 Å². The second-order valence-corrected chi connectivity index (χ2v) is 7.59. The van der Waals surface area contributed by atoms with Crippen LogP contribution in [0.3, 0.4) is 0 Å². The number of nitrogens with zero attached hydrogens (tertiary/aromatic N) is 2. The SMILES string of the molecule is Cc1ccc(C2CN2S(=O)(=O)c2ccc([N+](=O)[O-])cc2)c(C)c1. The first-order chi connectivity index (χ1) is 10.8. The molecule has 120 valence electrons. The highest BCUT2D eigenvalue weighted by molar-refractivity contribution is 7.89. The number of hydrogen-bond acceptors (Lipinski definition) is 4. The largest absolute Gasteiger partial charge is 0.269 e. The summed E-state index contributed by atoms with van der Waals surface area (Å²) in [6, 6.07) is 10.8. The van der Waals surface area contributed by atoms with E-state index in [0.29, 0.717) is 6.54 Å². The average Bonchev–Trinajstić information content (AvgIpc) is 3.28. The van der Waals surface area contributed by atoms with Gasteiger partial charge in [-0.2, -0.15) is 4.31 Å². The molecular formula is C16H16N2O4S. The lowest BCUT2D eigenvalue weighted by atomic mass is 10.0. The summed E-state index contributed by atoms with van der Waals surface area (Å²) >= 11 is 0. The Morgan fingerprint density at radius 2 is 1.78 bits per heavy atom. The van der Waals surface area contributed by atoms with Gasteiger partial charge >= 0.3 is 0 Å². The van der Waals surface area contributed by atoms with Gasteiger partial charge in [0.2, 0.25) is 10.0 Å². The summed E-state index contributed by atoms with van der Waals surface area (Å²) < 4.78 is 26.6. The first-order valence-electron chi connectivity index (χ1n) is 7.14. The third kappa shape index (κ3) is 2.85. The molecule has 1 heterocycles. The molecule has 1 aliphatic heterocycles. The predicted molar refractivity (Wildman–Crippen MR) is 85.6 cm³/mol. The Bertz CT molecular complexity index is 875. The number of aryl methyl sites for hydroxylation is 2. The molecule has 0 spiro atoms. The quantitative estimate of drug-likeness (QED) is 0.490. The van der Waals surface area contributed by atoms with Crippen LogP contribution in [0.5, 0.6) is 0 Å². The minimum atomic E-state index is -3.62. The van der Waals surface area contributed by atoms with Crippen LogP contribution < -0.4 is 0 Å². The van der Waals surface area contributed by atoms with Crippen LogP contribution in [0.4, 0.5) is 5.69 Å². The van der Waals surface area contributed by atoms with Crippen molar-refractivity contribution in [3.05, 3.63) is 69.3 Å². The van der Waals surface area contributed by atoms with E-state index < -0.39 is 14.9 Å². The molecule has 23 heavy (non-hydrogen) atoms. The molecule has 7 heteroatoms. The lowest BCUT2D eigenvalue weighted by Gasteiger charge is -2.09.